The fraction of sp³-hybridized carbons (Fsp3) is 0.467. The molecule has 0 aliphatic rings. The molecule has 1 N–H and O–H groups in total. The Bertz CT molecular complexity index is 503. The first kappa shape index (κ1) is 16.0. The Kier molecular flexibility index (Phi) is 5.13. The zero-order valence-electron chi connectivity index (χ0n) is 12.6. The van der Waals surface area contributed by atoms with Gasteiger partial charge in [-0.3, -0.25) is 5.32 Å². The van der Waals surface area contributed by atoms with Crippen LogP contribution in [0.2, 0.25) is 0 Å². The van der Waals surface area contributed by atoms with E-state index in [0.717, 1.165) is 12.0 Å². The topological polar surface area (TPSA) is 64.6 Å². The predicted molar refractivity (Wildman–Crippen MR) is 77.0 cm³/mol. The first-order valence-corrected chi connectivity index (χ1v) is 6.48. The number of benzene rings is 1. The Morgan fingerprint density at radius 2 is 1.90 bits per heavy atom. The van der Waals surface area contributed by atoms with Crippen molar-refractivity contribution in [3.63, 3.8) is 0 Å². The molecular formula is C15H21NO4. The molecule has 1 rings (SSSR count). The van der Waals surface area contributed by atoms with Crippen LogP contribution in [0.5, 0.6) is 0 Å². The minimum atomic E-state index is -0.605. The lowest BCUT2D eigenvalue weighted by molar-refractivity contribution is 0.0601. The van der Waals surface area contributed by atoms with Gasteiger partial charge in [-0.2, -0.15) is 0 Å². The van der Waals surface area contributed by atoms with Crippen LogP contribution in [0.1, 0.15) is 43.6 Å². The largest absolute Gasteiger partial charge is 0.465 e. The van der Waals surface area contributed by atoms with E-state index in [1.165, 1.54) is 7.11 Å². The number of nitrogens with one attached hydrogen (secondary N) is 1. The lowest BCUT2D eigenvalue weighted by Gasteiger charge is -2.20. The summed E-state index contributed by atoms with van der Waals surface area (Å²) in [5.41, 5.74) is 1.08. The second kappa shape index (κ2) is 6.41. The molecule has 0 heterocycles. The summed E-state index contributed by atoms with van der Waals surface area (Å²) in [6.45, 7) is 7.30. The predicted octanol–water partition coefficient (Wildman–Crippen LogP) is 3.38. The van der Waals surface area contributed by atoms with Gasteiger partial charge in [0.15, 0.2) is 0 Å². The number of hydrogen-bond acceptors (Lipinski definition) is 4. The quantitative estimate of drug-likeness (QED) is 0.861. The Morgan fingerprint density at radius 1 is 1.25 bits per heavy atom. The molecule has 0 aliphatic heterocycles. The van der Waals surface area contributed by atoms with E-state index in [4.69, 9.17) is 9.47 Å². The fourth-order valence-corrected chi connectivity index (χ4v) is 1.61. The molecule has 5 heteroatoms. The number of carbonyl (C=O) groups excluding carboxylic acids is 2. The zero-order chi connectivity index (χ0) is 15.3. The van der Waals surface area contributed by atoms with Crippen molar-refractivity contribution in [2.45, 2.75) is 39.7 Å². The number of rotatable bonds is 3. The standard InChI is InChI=1S/C15H21NO4/c1-6-10-7-8-12(11(9-10)13(17)19-5)16-14(18)20-15(2,3)4/h7-9H,6H2,1-5H3,(H,16,18). The molecule has 1 amide bonds. The molecule has 1 aromatic carbocycles. The molecule has 0 spiro atoms. The highest BCUT2D eigenvalue weighted by atomic mass is 16.6. The second-order valence-electron chi connectivity index (χ2n) is 5.35. The van der Waals surface area contributed by atoms with Crippen molar-refractivity contribution in [3.05, 3.63) is 29.3 Å². The Hall–Kier alpha value is -2.04. The van der Waals surface area contributed by atoms with Gasteiger partial charge in [-0.1, -0.05) is 13.0 Å². The maximum absolute atomic E-state index is 11.8. The number of aryl methyl sites for hydroxylation is 1. The molecule has 110 valence electrons. The van der Waals surface area contributed by atoms with Gasteiger partial charge in [-0.05, 0) is 44.9 Å². The number of carbonyl (C=O) groups is 2. The van der Waals surface area contributed by atoms with Gasteiger partial charge in [0.1, 0.15) is 5.60 Å². The van der Waals surface area contributed by atoms with Crippen LogP contribution in [0, 0.1) is 0 Å². The van der Waals surface area contributed by atoms with Crippen LogP contribution in [-0.2, 0) is 15.9 Å². The van der Waals surface area contributed by atoms with Crippen LogP contribution in [0.4, 0.5) is 10.5 Å². The third-order valence-corrected chi connectivity index (χ3v) is 2.53. The van der Waals surface area contributed by atoms with E-state index in [9.17, 15) is 9.59 Å². The number of anilines is 1. The van der Waals surface area contributed by atoms with Gasteiger partial charge in [0.05, 0.1) is 18.4 Å². The van der Waals surface area contributed by atoms with E-state index in [-0.39, 0.29) is 0 Å². The van der Waals surface area contributed by atoms with Crippen LogP contribution < -0.4 is 5.32 Å². The second-order valence-corrected chi connectivity index (χ2v) is 5.35. The third-order valence-electron chi connectivity index (χ3n) is 2.53. The number of ether oxygens (including phenoxy) is 2. The van der Waals surface area contributed by atoms with E-state index in [1.54, 1.807) is 32.9 Å². The molecule has 0 aromatic heterocycles. The van der Waals surface area contributed by atoms with Crippen LogP contribution in [0.15, 0.2) is 18.2 Å². The highest BCUT2D eigenvalue weighted by molar-refractivity contribution is 5.99. The first-order chi connectivity index (χ1) is 9.26. The maximum Gasteiger partial charge on any atom is 0.412 e. The summed E-state index contributed by atoms with van der Waals surface area (Å²) in [5, 5.41) is 2.57. The minimum absolute atomic E-state index is 0.317. The molecule has 0 unspecified atom stereocenters. The highest BCUT2D eigenvalue weighted by Gasteiger charge is 2.19. The van der Waals surface area contributed by atoms with Crippen molar-refractivity contribution < 1.29 is 19.1 Å². The molecule has 5 nitrogen and oxygen atoms in total. The summed E-state index contributed by atoms with van der Waals surface area (Å²) in [7, 11) is 1.30. The number of amides is 1. The summed E-state index contributed by atoms with van der Waals surface area (Å²) < 4.78 is 9.89. The normalized spacial score (nSPS) is 10.8. The Balaban J connectivity index is 2.99. The SMILES string of the molecule is CCc1ccc(NC(=O)OC(C)(C)C)c(C(=O)OC)c1. The molecule has 0 radical (unpaired) electrons. The van der Waals surface area contributed by atoms with Crippen LogP contribution in [0.25, 0.3) is 0 Å². The van der Waals surface area contributed by atoms with Gasteiger partial charge < -0.3 is 9.47 Å². The lowest BCUT2D eigenvalue weighted by atomic mass is 10.1. The summed E-state index contributed by atoms with van der Waals surface area (Å²) in [6.07, 6.45) is 0.184. The first-order valence-electron chi connectivity index (χ1n) is 6.48. The molecule has 0 aliphatic carbocycles. The molecule has 0 fully saturated rings. The monoisotopic (exact) mass is 279 g/mol. The maximum atomic E-state index is 11.8. The van der Waals surface area contributed by atoms with Gasteiger partial charge in [0.25, 0.3) is 0 Å². The van der Waals surface area contributed by atoms with Gasteiger partial charge in [0.2, 0.25) is 0 Å². The van der Waals surface area contributed by atoms with Gasteiger partial charge in [-0.15, -0.1) is 0 Å². The number of esters is 1. The van der Waals surface area contributed by atoms with Crippen LogP contribution in [-0.4, -0.2) is 24.8 Å². The van der Waals surface area contributed by atoms with E-state index < -0.39 is 17.7 Å². The zero-order valence-corrected chi connectivity index (χ0v) is 12.6. The van der Waals surface area contributed by atoms with Crippen molar-refractivity contribution in [1.29, 1.82) is 0 Å². The summed E-state index contributed by atoms with van der Waals surface area (Å²) >= 11 is 0. The van der Waals surface area contributed by atoms with E-state index >= 15 is 0 Å². The van der Waals surface area contributed by atoms with Crippen molar-refractivity contribution in [2.75, 3.05) is 12.4 Å². The lowest BCUT2D eigenvalue weighted by Crippen LogP contribution is -2.27. The summed E-state index contributed by atoms with van der Waals surface area (Å²) in [6, 6.07) is 5.23. The van der Waals surface area contributed by atoms with Crippen LogP contribution >= 0.6 is 0 Å². The van der Waals surface area contributed by atoms with E-state index in [0.29, 0.717) is 11.3 Å². The van der Waals surface area contributed by atoms with Gasteiger partial charge >= 0.3 is 12.1 Å². The highest BCUT2D eigenvalue weighted by Crippen LogP contribution is 2.20. The van der Waals surface area contributed by atoms with Crippen LogP contribution in [0.3, 0.4) is 0 Å². The number of methoxy groups -OCH3 is 1. The van der Waals surface area contributed by atoms with Gasteiger partial charge in [-0.25, -0.2) is 9.59 Å². The Labute approximate surface area is 119 Å². The van der Waals surface area contributed by atoms with Crippen molar-refractivity contribution in [2.24, 2.45) is 0 Å². The molecule has 20 heavy (non-hydrogen) atoms. The molecular weight excluding hydrogens is 258 g/mol. The average Bonchev–Trinajstić information content (AvgIpc) is 2.36. The number of hydrogen-bond donors (Lipinski definition) is 1. The smallest absolute Gasteiger partial charge is 0.412 e. The van der Waals surface area contributed by atoms with Crippen molar-refractivity contribution in [1.82, 2.24) is 0 Å². The summed E-state index contributed by atoms with van der Waals surface area (Å²) in [5.74, 6) is -0.494. The Morgan fingerprint density at radius 3 is 2.40 bits per heavy atom. The van der Waals surface area contributed by atoms with Crippen molar-refractivity contribution >= 4 is 17.7 Å². The van der Waals surface area contributed by atoms with Gasteiger partial charge in [0, 0.05) is 0 Å². The van der Waals surface area contributed by atoms with Crippen molar-refractivity contribution in [3.8, 4) is 0 Å². The fourth-order valence-electron chi connectivity index (χ4n) is 1.61. The summed E-state index contributed by atoms with van der Waals surface area (Å²) in [4.78, 5) is 23.5. The molecule has 0 saturated heterocycles. The average molecular weight is 279 g/mol. The molecule has 0 saturated carbocycles. The minimum Gasteiger partial charge on any atom is -0.465 e. The molecule has 0 bridgehead atoms. The van der Waals surface area contributed by atoms with E-state index in [2.05, 4.69) is 5.32 Å². The molecule has 0 atom stereocenters. The van der Waals surface area contributed by atoms with E-state index in [1.807, 2.05) is 13.0 Å². The molecule has 1 aromatic rings. The third kappa shape index (κ3) is 4.57.